The zero-order chi connectivity index (χ0) is 17.5. The van der Waals surface area contributed by atoms with E-state index in [4.69, 9.17) is 13.9 Å². The van der Waals surface area contributed by atoms with E-state index in [1.165, 1.54) is 19.3 Å². The number of furan rings is 1. The molecule has 0 radical (unpaired) electrons. The van der Waals surface area contributed by atoms with Crippen LogP contribution in [-0.2, 0) is 6.54 Å². The van der Waals surface area contributed by atoms with Crippen LogP contribution in [0.15, 0.2) is 41.0 Å². The second-order valence-electron chi connectivity index (χ2n) is 6.48. The first kappa shape index (κ1) is 17.8. The number of nitrogens with zero attached hydrogens (tertiary/aromatic N) is 1. The Labute approximate surface area is 149 Å². The van der Waals surface area contributed by atoms with Gasteiger partial charge in [-0.05, 0) is 55.8 Å². The standard InChI is InChI=1S/C20H28N2O3/c1-23-17-11-16(12-18(13-17)24-2)14-21-15-19(20-7-6-10-25-20)22-8-4-3-5-9-22/h6-7,10-13,19,21H,3-5,8-9,14-15H2,1-2H3. The molecule has 1 unspecified atom stereocenters. The average molecular weight is 344 g/mol. The lowest BCUT2D eigenvalue weighted by molar-refractivity contribution is 0.142. The van der Waals surface area contributed by atoms with E-state index < -0.39 is 0 Å². The molecule has 0 saturated carbocycles. The molecule has 1 saturated heterocycles. The number of rotatable bonds is 8. The number of likely N-dealkylation sites (tertiary alicyclic amines) is 1. The molecular formula is C20H28N2O3. The van der Waals surface area contributed by atoms with Gasteiger partial charge in [-0.2, -0.15) is 0 Å². The molecule has 5 nitrogen and oxygen atoms in total. The van der Waals surface area contributed by atoms with Crippen LogP contribution in [0.2, 0.25) is 0 Å². The highest BCUT2D eigenvalue weighted by molar-refractivity contribution is 5.38. The van der Waals surface area contributed by atoms with Gasteiger partial charge in [0.2, 0.25) is 0 Å². The second-order valence-corrected chi connectivity index (χ2v) is 6.48. The van der Waals surface area contributed by atoms with Gasteiger partial charge in [0.05, 0.1) is 26.5 Å². The number of hydrogen-bond donors (Lipinski definition) is 1. The van der Waals surface area contributed by atoms with Crippen molar-refractivity contribution in [2.45, 2.75) is 31.8 Å². The van der Waals surface area contributed by atoms with Crippen LogP contribution in [0.3, 0.4) is 0 Å². The summed E-state index contributed by atoms with van der Waals surface area (Å²) in [5.41, 5.74) is 1.15. The van der Waals surface area contributed by atoms with Crippen molar-refractivity contribution in [3.05, 3.63) is 47.9 Å². The van der Waals surface area contributed by atoms with E-state index in [0.29, 0.717) is 0 Å². The molecule has 0 aliphatic carbocycles. The summed E-state index contributed by atoms with van der Waals surface area (Å²) in [5.74, 6) is 2.67. The van der Waals surface area contributed by atoms with E-state index in [9.17, 15) is 0 Å². The molecule has 1 N–H and O–H groups in total. The fraction of sp³-hybridized carbons (Fsp3) is 0.500. The summed E-state index contributed by atoms with van der Waals surface area (Å²) in [4.78, 5) is 2.53. The van der Waals surface area contributed by atoms with E-state index >= 15 is 0 Å². The predicted octanol–water partition coefficient (Wildman–Crippen LogP) is 3.61. The molecule has 1 aliphatic heterocycles. The Morgan fingerprint density at radius 1 is 1.08 bits per heavy atom. The van der Waals surface area contributed by atoms with E-state index in [2.05, 4.69) is 16.3 Å². The van der Waals surface area contributed by atoms with Gasteiger partial charge < -0.3 is 19.2 Å². The molecule has 0 bridgehead atoms. The third-order valence-electron chi connectivity index (χ3n) is 4.78. The lowest BCUT2D eigenvalue weighted by Gasteiger charge is -2.33. The van der Waals surface area contributed by atoms with Crippen LogP contribution in [0.4, 0.5) is 0 Å². The van der Waals surface area contributed by atoms with Crippen molar-refractivity contribution in [3.63, 3.8) is 0 Å². The fourth-order valence-electron chi connectivity index (χ4n) is 3.44. The Morgan fingerprint density at radius 2 is 1.80 bits per heavy atom. The first-order valence-corrected chi connectivity index (χ1v) is 9.00. The van der Waals surface area contributed by atoms with Crippen LogP contribution in [-0.4, -0.2) is 38.8 Å². The maximum absolute atomic E-state index is 5.70. The van der Waals surface area contributed by atoms with Crippen molar-refractivity contribution in [1.29, 1.82) is 0 Å². The van der Waals surface area contributed by atoms with E-state index in [1.807, 2.05) is 24.3 Å². The molecule has 5 heteroatoms. The molecule has 0 spiro atoms. The maximum atomic E-state index is 5.70. The minimum atomic E-state index is 0.280. The molecule has 2 aromatic rings. The van der Waals surface area contributed by atoms with Crippen molar-refractivity contribution < 1.29 is 13.9 Å². The number of nitrogens with one attached hydrogen (secondary N) is 1. The molecule has 1 atom stereocenters. The van der Waals surface area contributed by atoms with Gasteiger partial charge in [-0.15, -0.1) is 0 Å². The summed E-state index contributed by atoms with van der Waals surface area (Å²) in [7, 11) is 3.35. The Kier molecular flexibility index (Phi) is 6.36. The van der Waals surface area contributed by atoms with Gasteiger partial charge >= 0.3 is 0 Å². The molecular weight excluding hydrogens is 316 g/mol. The predicted molar refractivity (Wildman–Crippen MR) is 98.1 cm³/mol. The van der Waals surface area contributed by atoms with E-state index in [1.54, 1.807) is 20.5 Å². The van der Waals surface area contributed by atoms with Gasteiger partial charge in [0, 0.05) is 19.2 Å². The highest BCUT2D eigenvalue weighted by Crippen LogP contribution is 2.25. The molecule has 0 amide bonds. The Bertz CT molecular complexity index is 614. The summed E-state index contributed by atoms with van der Waals surface area (Å²) in [6.45, 7) is 3.89. The van der Waals surface area contributed by atoms with Gasteiger partial charge in [-0.1, -0.05) is 6.42 Å². The van der Waals surface area contributed by atoms with Crippen LogP contribution >= 0.6 is 0 Å². The third kappa shape index (κ3) is 4.77. The molecule has 25 heavy (non-hydrogen) atoms. The fourth-order valence-corrected chi connectivity index (χ4v) is 3.44. The van der Waals surface area contributed by atoms with Gasteiger partial charge in [0.15, 0.2) is 0 Å². The summed E-state index contributed by atoms with van der Waals surface area (Å²) in [6, 6.07) is 10.3. The van der Waals surface area contributed by atoms with Crippen LogP contribution in [0.5, 0.6) is 11.5 Å². The normalized spacial score (nSPS) is 16.6. The third-order valence-corrected chi connectivity index (χ3v) is 4.78. The highest BCUT2D eigenvalue weighted by Gasteiger charge is 2.24. The zero-order valence-corrected chi connectivity index (χ0v) is 15.2. The molecule has 1 aromatic carbocycles. The van der Waals surface area contributed by atoms with Crippen molar-refractivity contribution >= 4 is 0 Å². The average Bonchev–Trinajstić information content (AvgIpc) is 3.20. The molecule has 136 valence electrons. The first-order valence-electron chi connectivity index (χ1n) is 9.00. The highest BCUT2D eigenvalue weighted by atomic mass is 16.5. The molecule has 1 aliphatic rings. The number of hydrogen-bond acceptors (Lipinski definition) is 5. The van der Waals surface area contributed by atoms with Crippen LogP contribution in [0.25, 0.3) is 0 Å². The smallest absolute Gasteiger partial charge is 0.122 e. The number of benzene rings is 1. The minimum absolute atomic E-state index is 0.280. The molecule has 2 heterocycles. The Hall–Kier alpha value is -1.98. The lowest BCUT2D eigenvalue weighted by atomic mass is 10.1. The van der Waals surface area contributed by atoms with Gasteiger partial charge in [0.25, 0.3) is 0 Å². The number of methoxy groups -OCH3 is 2. The zero-order valence-electron chi connectivity index (χ0n) is 15.2. The molecule has 1 fully saturated rings. The van der Waals surface area contributed by atoms with Gasteiger partial charge in [-0.25, -0.2) is 0 Å². The van der Waals surface area contributed by atoms with Crippen molar-refractivity contribution in [1.82, 2.24) is 10.2 Å². The summed E-state index contributed by atoms with van der Waals surface area (Å²) < 4.78 is 16.4. The van der Waals surface area contributed by atoms with Crippen molar-refractivity contribution in [3.8, 4) is 11.5 Å². The maximum Gasteiger partial charge on any atom is 0.122 e. The van der Waals surface area contributed by atoms with Crippen LogP contribution in [0, 0.1) is 0 Å². The van der Waals surface area contributed by atoms with Gasteiger partial charge in [-0.3, -0.25) is 4.90 Å². The summed E-state index contributed by atoms with van der Waals surface area (Å²) >= 11 is 0. The van der Waals surface area contributed by atoms with Crippen LogP contribution < -0.4 is 14.8 Å². The van der Waals surface area contributed by atoms with E-state index in [-0.39, 0.29) is 6.04 Å². The topological polar surface area (TPSA) is 46.9 Å². The Balaban J connectivity index is 1.63. The molecule has 1 aromatic heterocycles. The molecule has 3 rings (SSSR count). The van der Waals surface area contributed by atoms with Crippen molar-refractivity contribution in [2.75, 3.05) is 33.9 Å². The lowest BCUT2D eigenvalue weighted by Crippen LogP contribution is -2.38. The van der Waals surface area contributed by atoms with Crippen LogP contribution in [0.1, 0.15) is 36.6 Å². The van der Waals surface area contributed by atoms with E-state index in [0.717, 1.165) is 49.0 Å². The summed E-state index contributed by atoms with van der Waals surface area (Å²) in [5, 5.41) is 3.58. The van der Waals surface area contributed by atoms with Crippen molar-refractivity contribution in [2.24, 2.45) is 0 Å². The van der Waals surface area contributed by atoms with Gasteiger partial charge in [0.1, 0.15) is 17.3 Å². The minimum Gasteiger partial charge on any atom is -0.497 e. The monoisotopic (exact) mass is 344 g/mol. The quantitative estimate of drug-likeness (QED) is 0.793. The first-order chi connectivity index (χ1) is 12.3. The SMILES string of the molecule is COc1cc(CNCC(c2ccco2)N2CCCCC2)cc(OC)c1. The largest absolute Gasteiger partial charge is 0.497 e. The Morgan fingerprint density at radius 3 is 2.40 bits per heavy atom. The number of ether oxygens (including phenoxy) is 2. The summed E-state index contributed by atoms with van der Waals surface area (Å²) in [6.07, 6.45) is 5.63. The number of piperidine rings is 1. The second kappa shape index (κ2) is 8.92.